The minimum Gasteiger partial charge on any atom is -0.308 e. The number of hydrogen-bond acceptors (Lipinski definition) is 1. The molecule has 0 bridgehead atoms. The standard InChI is InChI=1S/C10H11N.2C2H6/c1-8-5-3-4-6-10(8)9(2)7-11;2*1-2/h3-7,11H,1H2,2H3;2*1-2H3/b10-9-,11-7?;;. The molecular formula is C14H23N. The predicted molar refractivity (Wildman–Crippen MR) is 71.8 cm³/mol. The molecule has 1 rings (SSSR count). The summed E-state index contributed by atoms with van der Waals surface area (Å²) in [5.74, 6) is 0. The number of nitrogens with one attached hydrogen (secondary N) is 1. The number of hydrogen-bond donors (Lipinski definition) is 1. The van der Waals surface area contributed by atoms with Crippen molar-refractivity contribution in [2.45, 2.75) is 34.6 Å². The highest BCUT2D eigenvalue weighted by Crippen LogP contribution is 1.80. The first-order valence-corrected chi connectivity index (χ1v) is 5.51. The molecule has 1 nitrogen and oxygen atoms in total. The van der Waals surface area contributed by atoms with Gasteiger partial charge < -0.3 is 5.41 Å². The van der Waals surface area contributed by atoms with Crippen molar-refractivity contribution in [3.05, 3.63) is 34.7 Å². The summed E-state index contributed by atoms with van der Waals surface area (Å²) in [5.41, 5.74) is 0.954. The average Bonchev–Trinajstić information content (AvgIpc) is 2.34. The Balaban J connectivity index is 0. The molecule has 0 aliphatic rings. The summed E-state index contributed by atoms with van der Waals surface area (Å²) in [6.07, 6.45) is 1.35. The molecule has 1 N–H and O–H groups in total. The van der Waals surface area contributed by atoms with Crippen LogP contribution in [0.5, 0.6) is 0 Å². The molecule has 0 saturated carbocycles. The van der Waals surface area contributed by atoms with Crippen LogP contribution in [0.25, 0.3) is 12.2 Å². The Kier molecular flexibility index (Phi) is 11.5. The summed E-state index contributed by atoms with van der Waals surface area (Å²) in [6, 6.07) is 7.82. The van der Waals surface area contributed by atoms with Gasteiger partial charge in [-0.15, -0.1) is 0 Å². The Morgan fingerprint density at radius 1 is 1.13 bits per heavy atom. The van der Waals surface area contributed by atoms with E-state index in [4.69, 9.17) is 5.41 Å². The molecule has 0 saturated heterocycles. The maximum absolute atomic E-state index is 7.05. The second kappa shape index (κ2) is 10.7. The van der Waals surface area contributed by atoms with E-state index < -0.39 is 0 Å². The van der Waals surface area contributed by atoms with Gasteiger partial charge in [0.2, 0.25) is 0 Å². The van der Waals surface area contributed by atoms with E-state index in [9.17, 15) is 0 Å². The van der Waals surface area contributed by atoms with E-state index >= 15 is 0 Å². The Labute approximate surface area is 93.7 Å². The highest BCUT2D eigenvalue weighted by atomic mass is 14.3. The van der Waals surface area contributed by atoms with E-state index in [2.05, 4.69) is 6.58 Å². The maximum Gasteiger partial charge on any atom is 0.0213 e. The van der Waals surface area contributed by atoms with Crippen LogP contribution in [-0.2, 0) is 0 Å². The van der Waals surface area contributed by atoms with Crippen molar-refractivity contribution >= 4 is 18.4 Å². The lowest BCUT2D eigenvalue weighted by Crippen LogP contribution is -2.24. The van der Waals surface area contributed by atoms with Gasteiger partial charge in [0.15, 0.2) is 0 Å². The largest absolute Gasteiger partial charge is 0.308 e. The van der Waals surface area contributed by atoms with Gasteiger partial charge in [-0.3, -0.25) is 0 Å². The summed E-state index contributed by atoms with van der Waals surface area (Å²) in [4.78, 5) is 0. The van der Waals surface area contributed by atoms with Gasteiger partial charge in [-0.1, -0.05) is 58.5 Å². The van der Waals surface area contributed by atoms with E-state index in [1.165, 1.54) is 6.21 Å². The summed E-state index contributed by atoms with van der Waals surface area (Å²) < 4.78 is 0. The van der Waals surface area contributed by atoms with Crippen molar-refractivity contribution < 1.29 is 0 Å². The quantitative estimate of drug-likeness (QED) is 0.682. The van der Waals surface area contributed by atoms with Crippen molar-refractivity contribution in [3.8, 4) is 0 Å². The van der Waals surface area contributed by atoms with E-state index in [-0.39, 0.29) is 0 Å². The summed E-state index contributed by atoms with van der Waals surface area (Å²) in [5, 5.41) is 9.09. The lowest BCUT2D eigenvalue weighted by atomic mass is 10.2. The van der Waals surface area contributed by atoms with Crippen molar-refractivity contribution in [2.24, 2.45) is 0 Å². The van der Waals surface area contributed by atoms with Gasteiger partial charge in [0.05, 0.1) is 0 Å². The molecular weight excluding hydrogens is 182 g/mol. The second-order valence-electron chi connectivity index (χ2n) is 2.48. The van der Waals surface area contributed by atoms with Crippen LogP contribution in [0.1, 0.15) is 34.6 Å². The molecule has 84 valence electrons. The molecule has 0 heterocycles. The van der Waals surface area contributed by atoms with Gasteiger partial charge in [0, 0.05) is 6.21 Å². The number of rotatable bonds is 1. The fraction of sp³-hybridized carbons (Fsp3) is 0.357. The third-order valence-electron chi connectivity index (χ3n) is 1.66. The van der Waals surface area contributed by atoms with Gasteiger partial charge >= 0.3 is 0 Å². The highest BCUT2D eigenvalue weighted by Gasteiger charge is 1.84. The first kappa shape index (κ1) is 16.1. The van der Waals surface area contributed by atoms with E-state index in [1.807, 2.05) is 58.9 Å². The monoisotopic (exact) mass is 205 g/mol. The van der Waals surface area contributed by atoms with Crippen LogP contribution in [0.3, 0.4) is 0 Å². The zero-order valence-corrected chi connectivity index (χ0v) is 10.6. The Bertz CT molecular complexity index is 363. The lowest BCUT2D eigenvalue weighted by Gasteiger charge is -1.90. The summed E-state index contributed by atoms with van der Waals surface area (Å²) >= 11 is 0. The fourth-order valence-electron chi connectivity index (χ4n) is 0.983. The summed E-state index contributed by atoms with van der Waals surface area (Å²) in [6.45, 7) is 13.8. The molecule has 0 spiro atoms. The topological polar surface area (TPSA) is 23.9 Å². The highest BCUT2D eigenvalue weighted by molar-refractivity contribution is 5.98. The normalized spacial score (nSPS) is 9.93. The molecule has 0 unspecified atom stereocenters. The Morgan fingerprint density at radius 3 is 2.00 bits per heavy atom. The lowest BCUT2D eigenvalue weighted by molar-refractivity contribution is 1.48. The van der Waals surface area contributed by atoms with Crippen LogP contribution in [0, 0.1) is 5.41 Å². The van der Waals surface area contributed by atoms with Gasteiger partial charge in [0.1, 0.15) is 0 Å². The zero-order chi connectivity index (χ0) is 12.3. The van der Waals surface area contributed by atoms with E-state index in [0.29, 0.717) is 0 Å². The van der Waals surface area contributed by atoms with Crippen molar-refractivity contribution in [1.29, 1.82) is 5.41 Å². The second-order valence-corrected chi connectivity index (χ2v) is 2.48. The maximum atomic E-state index is 7.05. The molecule has 0 aliphatic carbocycles. The smallest absolute Gasteiger partial charge is 0.0213 e. The third-order valence-corrected chi connectivity index (χ3v) is 1.66. The minimum absolute atomic E-state index is 0.954. The SMILES string of the molecule is C=c1cccc/c1=C(\C)C=N.CC.CC. The van der Waals surface area contributed by atoms with Crippen LogP contribution >= 0.6 is 0 Å². The molecule has 1 aromatic rings. The van der Waals surface area contributed by atoms with E-state index in [1.54, 1.807) is 0 Å². The Morgan fingerprint density at radius 2 is 1.60 bits per heavy atom. The fourth-order valence-corrected chi connectivity index (χ4v) is 0.983. The molecule has 0 fully saturated rings. The molecule has 0 aliphatic heterocycles. The molecule has 1 heteroatoms. The first-order valence-electron chi connectivity index (χ1n) is 5.51. The number of benzene rings is 1. The molecule has 0 amide bonds. The van der Waals surface area contributed by atoms with Crippen LogP contribution in [0.4, 0.5) is 0 Å². The molecule has 0 radical (unpaired) electrons. The molecule has 0 aromatic heterocycles. The van der Waals surface area contributed by atoms with Crippen LogP contribution in [-0.4, -0.2) is 6.21 Å². The molecule has 15 heavy (non-hydrogen) atoms. The van der Waals surface area contributed by atoms with E-state index in [0.717, 1.165) is 16.0 Å². The predicted octanol–water partition coefficient (Wildman–Crippen LogP) is 2.97. The van der Waals surface area contributed by atoms with Crippen LogP contribution in [0.2, 0.25) is 0 Å². The van der Waals surface area contributed by atoms with Crippen LogP contribution in [0.15, 0.2) is 24.3 Å². The zero-order valence-electron chi connectivity index (χ0n) is 10.6. The third kappa shape index (κ3) is 5.84. The summed E-state index contributed by atoms with van der Waals surface area (Å²) in [7, 11) is 0. The van der Waals surface area contributed by atoms with Gasteiger partial charge in [-0.25, -0.2) is 0 Å². The molecule has 0 atom stereocenters. The Hall–Kier alpha value is -1.37. The van der Waals surface area contributed by atoms with Crippen molar-refractivity contribution in [1.82, 2.24) is 0 Å². The van der Waals surface area contributed by atoms with Crippen molar-refractivity contribution in [2.75, 3.05) is 0 Å². The van der Waals surface area contributed by atoms with Crippen molar-refractivity contribution in [3.63, 3.8) is 0 Å². The van der Waals surface area contributed by atoms with Gasteiger partial charge in [-0.05, 0) is 22.9 Å². The first-order chi connectivity index (χ1) is 7.25. The van der Waals surface area contributed by atoms with Gasteiger partial charge in [-0.2, -0.15) is 0 Å². The van der Waals surface area contributed by atoms with Gasteiger partial charge in [0.25, 0.3) is 0 Å². The average molecular weight is 205 g/mol. The molecule has 1 aromatic carbocycles. The minimum atomic E-state index is 0.954. The van der Waals surface area contributed by atoms with Crippen LogP contribution < -0.4 is 10.4 Å².